The van der Waals surface area contributed by atoms with Gasteiger partial charge in [-0.2, -0.15) is 0 Å². The Kier molecular flexibility index (Phi) is 8.82. The molecule has 11 heteroatoms. The van der Waals surface area contributed by atoms with Crippen molar-refractivity contribution >= 4 is 28.1 Å². The average molecular weight is 610 g/mol. The summed E-state index contributed by atoms with van der Waals surface area (Å²) in [6.45, 7) is 7.49. The summed E-state index contributed by atoms with van der Waals surface area (Å²) in [5.41, 5.74) is 5.42. The molecule has 0 saturated carbocycles. The van der Waals surface area contributed by atoms with Crippen LogP contribution >= 0.6 is 0 Å². The summed E-state index contributed by atoms with van der Waals surface area (Å²) < 4.78 is 5.37. The summed E-state index contributed by atoms with van der Waals surface area (Å²) in [7, 11) is 1.65. The van der Waals surface area contributed by atoms with E-state index in [0.717, 1.165) is 22.1 Å². The van der Waals surface area contributed by atoms with E-state index in [1.165, 1.54) is 17.0 Å². The first-order valence-corrected chi connectivity index (χ1v) is 14.5. The number of aromatic nitrogens is 2. The summed E-state index contributed by atoms with van der Waals surface area (Å²) >= 11 is 0. The zero-order chi connectivity index (χ0) is 32.4. The number of carbonyl (C=O) groups excluding carboxylic acids is 1. The Hall–Kier alpha value is -5.29. The van der Waals surface area contributed by atoms with E-state index in [-0.39, 0.29) is 36.2 Å². The maximum Gasteiger partial charge on any atom is 0.269 e. The largest absolute Gasteiger partial charge is 0.396 e. The van der Waals surface area contributed by atoms with Gasteiger partial charge in [-0.05, 0) is 78.2 Å². The molecule has 2 heterocycles. The second-order valence-electron chi connectivity index (χ2n) is 11.4. The highest BCUT2D eigenvalue weighted by Crippen LogP contribution is 2.34. The van der Waals surface area contributed by atoms with Crippen molar-refractivity contribution in [2.75, 3.05) is 19.0 Å². The molecular weight excluding hydrogens is 574 g/mol. The van der Waals surface area contributed by atoms with E-state index >= 15 is 0 Å². The van der Waals surface area contributed by atoms with Gasteiger partial charge in [-0.1, -0.05) is 36.3 Å². The van der Waals surface area contributed by atoms with Gasteiger partial charge in [0.1, 0.15) is 11.8 Å². The van der Waals surface area contributed by atoms with Gasteiger partial charge in [0.25, 0.3) is 11.2 Å². The minimum atomic E-state index is -0.867. The van der Waals surface area contributed by atoms with Crippen LogP contribution in [0.25, 0.3) is 21.9 Å². The standard InChI is InChI=1S/C34H35N5O6/c1-19-14-24(7-10-28(19)20(2)18-40)32(36-26-8-6-23-12-13-35-33(41)30(23)16-26)34(42)38(5)17-25-15-27(39(43)44)9-11-29(25)31-21(3)37-45-22(31)4/h6-16,20,32,36,40H,17-18H2,1-5H3,(H,35,41)/t20-,32?/m0/s1. The highest BCUT2D eigenvalue weighted by atomic mass is 16.6. The van der Waals surface area contributed by atoms with E-state index in [9.17, 15) is 24.8 Å². The van der Waals surface area contributed by atoms with E-state index < -0.39 is 11.0 Å². The zero-order valence-corrected chi connectivity index (χ0v) is 25.7. The van der Waals surface area contributed by atoms with Gasteiger partial charge in [-0.15, -0.1) is 0 Å². The molecule has 45 heavy (non-hydrogen) atoms. The van der Waals surface area contributed by atoms with E-state index in [0.29, 0.717) is 39.2 Å². The van der Waals surface area contributed by atoms with Crippen LogP contribution in [0.1, 0.15) is 52.6 Å². The number of carbonyl (C=O) groups is 1. The number of benzene rings is 3. The number of nitro groups is 1. The van der Waals surface area contributed by atoms with Crippen LogP contribution in [0.15, 0.2) is 76.2 Å². The Morgan fingerprint density at radius 3 is 2.56 bits per heavy atom. The van der Waals surface area contributed by atoms with Gasteiger partial charge in [0, 0.05) is 61.1 Å². The van der Waals surface area contributed by atoms with Gasteiger partial charge in [0.05, 0.1) is 10.6 Å². The molecule has 1 unspecified atom stereocenters. The fourth-order valence-corrected chi connectivity index (χ4v) is 5.75. The lowest BCUT2D eigenvalue weighted by atomic mass is 9.92. The highest BCUT2D eigenvalue weighted by Gasteiger charge is 2.27. The van der Waals surface area contributed by atoms with Gasteiger partial charge in [-0.25, -0.2) is 0 Å². The van der Waals surface area contributed by atoms with E-state index in [4.69, 9.17) is 4.52 Å². The molecule has 0 saturated heterocycles. The SMILES string of the molecule is Cc1cc(C(Nc2ccc3cc[nH]c(=O)c3c2)C(=O)N(C)Cc2cc([N+](=O)[O-])ccc2-c2c(C)noc2C)ccc1[C@@H](C)CO. The van der Waals surface area contributed by atoms with Crippen LogP contribution in [0.4, 0.5) is 11.4 Å². The third-order valence-electron chi connectivity index (χ3n) is 8.15. The van der Waals surface area contributed by atoms with Crippen LogP contribution in [0.2, 0.25) is 0 Å². The van der Waals surface area contributed by atoms with Gasteiger partial charge in [0.2, 0.25) is 5.91 Å². The van der Waals surface area contributed by atoms with Crippen molar-refractivity contribution in [3.63, 3.8) is 0 Å². The number of fused-ring (bicyclic) bond motifs is 1. The topological polar surface area (TPSA) is 155 Å². The fraction of sp³-hybridized carbons (Fsp3) is 0.265. The Balaban J connectivity index is 1.55. The van der Waals surface area contributed by atoms with Crippen molar-refractivity contribution in [2.45, 2.75) is 46.2 Å². The maximum absolute atomic E-state index is 14.3. The van der Waals surface area contributed by atoms with Crippen LogP contribution in [-0.2, 0) is 11.3 Å². The predicted molar refractivity (Wildman–Crippen MR) is 172 cm³/mol. The number of hydrogen-bond donors (Lipinski definition) is 3. The molecule has 2 atom stereocenters. The number of rotatable bonds is 10. The van der Waals surface area contributed by atoms with Gasteiger partial charge in [-0.3, -0.25) is 19.7 Å². The normalized spacial score (nSPS) is 12.6. The quantitative estimate of drug-likeness (QED) is 0.130. The van der Waals surface area contributed by atoms with E-state index in [1.807, 2.05) is 44.2 Å². The number of non-ortho nitro benzene ring substituents is 1. The van der Waals surface area contributed by atoms with Crippen LogP contribution in [0, 0.1) is 30.9 Å². The van der Waals surface area contributed by atoms with Gasteiger partial charge >= 0.3 is 0 Å². The number of aliphatic hydroxyl groups excluding tert-OH is 1. The lowest BCUT2D eigenvalue weighted by molar-refractivity contribution is -0.384. The van der Waals surface area contributed by atoms with E-state index in [1.54, 1.807) is 45.3 Å². The summed E-state index contributed by atoms with van der Waals surface area (Å²) in [6.07, 6.45) is 1.58. The summed E-state index contributed by atoms with van der Waals surface area (Å²) in [6, 6.07) is 16.5. The zero-order valence-electron chi connectivity index (χ0n) is 25.7. The average Bonchev–Trinajstić information content (AvgIpc) is 3.36. The molecule has 1 amide bonds. The number of nitrogens with zero attached hydrogens (tertiary/aromatic N) is 3. The number of aromatic amines is 1. The van der Waals surface area contributed by atoms with Crippen molar-refractivity contribution in [3.8, 4) is 11.1 Å². The number of hydrogen-bond acceptors (Lipinski definition) is 8. The fourth-order valence-electron chi connectivity index (χ4n) is 5.75. The molecule has 11 nitrogen and oxygen atoms in total. The molecule has 0 aliphatic carbocycles. The van der Waals surface area contributed by atoms with Crippen LogP contribution in [0.5, 0.6) is 0 Å². The monoisotopic (exact) mass is 609 g/mol. The molecule has 0 fully saturated rings. The highest BCUT2D eigenvalue weighted by molar-refractivity contribution is 5.89. The second-order valence-corrected chi connectivity index (χ2v) is 11.4. The number of nitrogens with one attached hydrogen (secondary N) is 2. The lowest BCUT2D eigenvalue weighted by Gasteiger charge is -2.27. The molecule has 5 rings (SSSR count). The van der Waals surface area contributed by atoms with Crippen molar-refractivity contribution in [3.05, 3.63) is 121 Å². The third-order valence-corrected chi connectivity index (χ3v) is 8.15. The molecule has 0 aliphatic heterocycles. The van der Waals surface area contributed by atoms with E-state index in [2.05, 4.69) is 15.5 Å². The number of amides is 1. The molecule has 0 bridgehead atoms. The Morgan fingerprint density at radius 1 is 1.11 bits per heavy atom. The number of nitro benzene ring substituents is 1. The third kappa shape index (κ3) is 6.34. The molecule has 2 aromatic heterocycles. The van der Waals surface area contributed by atoms with Crippen molar-refractivity contribution < 1.29 is 19.3 Å². The molecule has 0 radical (unpaired) electrons. The summed E-state index contributed by atoms with van der Waals surface area (Å²) in [5, 5.41) is 30.0. The molecule has 3 N–H and O–H groups in total. The molecule has 232 valence electrons. The first-order chi connectivity index (χ1) is 21.5. The van der Waals surface area contributed by atoms with Crippen molar-refractivity contribution in [1.82, 2.24) is 15.0 Å². The minimum Gasteiger partial charge on any atom is -0.396 e. The number of aliphatic hydroxyl groups is 1. The summed E-state index contributed by atoms with van der Waals surface area (Å²) in [5.74, 6) is 0.193. The predicted octanol–water partition coefficient (Wildman–Crippen LogP) is 5.92. The Morgan fingerprint density at radius 2 is 1.89 bits per heavy atom. The number of pyridine rings is 1. The molecule has 0 spiro atoms. The van der Waals surface area contributed by atoms with Crippen LogP contribution in [0.3, 0.4) is 0 Å². The lowest BCUT2D eigenvalue weighted by Crippen LogP contribution is -2.35. The second kappa shape index (κ2) is 12.7. The Labute approximate surface area is 259 Å². The molecular formula is C34H35N5O6. The summed E-state index contributed by atoms with van der Waals surface area (Å²) in [4.78, 5) is 42.3. The number of likely N-dealkylation sites (N-methyl/N-ethyl adjacent to an activating group) is 1. The first kappa shape index (κ1) is 31.1. The number of H-pyrrole nitrogens is 1. The number of anilines is 1. The van der Waals surface area contributed by atoms with Gasteiger partial charge in [0.15, 0.2) is 0 Å². The smallest absolute Gasteiger partial charge is 0.269 e. The Bertz CT molecular complexity index is 1940. The van der Waals surface area contributed by atoms with Crippen LogP contribution in [-0.4, -0.2) is 44.6 Å². The minimum absolute atomic E-state index is 0.00809. The van der Waals surface area contributed by atoms with Crippen LogP contribution < -0.4 is 10.9 Å². The van der Waals surface area contributed by atoms with Crippen molar-refractivity contribution in [2.24, 2.45) is 0 Å². The van der Waals surface area contributed by atoms with Crippen molar-refractivity contribution in [1.29, 1.82) is 0 Å². The molecule has 0 aliphatic rings. The van der Waals surface area contributed by atoms with Gasteiger partial charge < -0.3 is 24.8 Å². The molecule has 5 aromatic rings. The number of aryl methyl sites for hydroxylation is 3. The molecule has 3 aromatic carbocycles. The first-order valence-electron chi connectivity index (χ1n) is 14.5. The maximum atomic E-state index is 14.3.